The van der Waals surface area contributed by atoms with Crippen molar-refractivity contribution in [2.24, 2.45) is 0 Å². The maximum Gasteiger partial charge on any atom is 0.387 e. The Hall–Kier alpha value is -2.36. The Balaban J connectivity index is 2.17. The minimum absolute atomic E-state index is 0.0517. The molecule has 27 heavy (non-hydrogen) atoms. The minimum atomic E-state index is -3.18. The molecule has 1 aliphatic rings. The second kappa shape index (κ2) is 7.34. The Morgan fingerprint density at radius 2 is 2.04 bits per heavy atom. The van der Waals surface area contributed by atoms with Crippen LogP contribution in [0.25, 0.3) is 11.3 Å². The summed E-state index contributed by atoms with van der Waals surface area (Å²) in [6.07, 6.45) is 1.29. The molecule has 0 atom stereocenters. The number of aromatic nitrogens is 2. The molecule has 144 valence electrons. The summed E-state index contributed by atoms with van der Waals surface area (Å²) in [6, 6.07) is 3.83. The molecule has 0 spiro atoms. The molecule has 0 N–H and O–H groups in total. The van der Waals surface area contributed by atoms with E-state index in [4.69, 9.17) is 0 Å². The fraction of sp³-hybridized carbons (Fsp3) is 0.353. The highest BCUT2D eigenvalue weighted by Crippen LogP contribution is 2.44. The van der Waals surface area contributed by atoms with Gasteiger partial charge in [-0.15, -0.1) is 0 Å². The number of alkyl halides is 4. The number of carbonyl (C=O) groups is 1. The number of thioether (sulfide) groups is 1. The summed E-state index contributed by atoms with van der Waals surface area (Å²) in [4.78, 5) is 20.0. The SMILES string of the molecule is COC(=O)c1ccc(-c2nc(SC)nc3c2CCC3(F)F)cc1OC(F)F. The van der Waals surface area contributed by atoms with Crippen LogP contribution in [0, 0.1) is 0 Å². The summed E-state index contributed by atoms with van der Waals surface area (Å²) in [5.41, 5.74) is 0.168. The van der Waals surface area contributed by atoms with Crippen molar-refractivity contribution in [2.75, 3.05) is 13.4 Å². The Bertz CT molecular complexity index is 893. The van der Waals surface area contributed by atoms with Gasteiger partial charge in [-0.1, -0.05) is 17.8 Å². The molecular formula is C17H14F4N2O3S. The van der Waals surface area contributed by atoms with Gasteiger partial charge in [-0.05, 0) is 24.8 Å². The molecule has 1 aromatic carbocycles. The van der Waals surface area contributed by atoms with Gasteiger partial charge in [0.1, 0.15) is 17.0 Å². The molecule has 2 aromatic rings. The number of hydrogen-bond donors (Lipinski definition) is 0. The lowest BCUT2D eigenvalue weighted by Gasteiger charge is -2.14. The number of fused-ring (bicyclic) bond motifs is 1. The van der Waals surface area contributed by atoms with Gasteiger partial charge in [-0.25, -0.2) is 14.8 Å². The quantitative estimate of drug-likeness (QED) is 0.322. The average Bonchev–Trinajstić information content (AvgIpc) is 2.94. The number of carbonyl (C=O) groups excluding carboxylic acids is 1. The van der Waals surface area contributed by atoms with E-state index in [1.54, 1.807) is 6.26 Å². The van der Waals surface area contributed by atoms with E-state index in [0.717, 1.165) is 18.9 Å². The highest BCUT2D eigenvalue weighted by molar-refractivity contribution is 7.98. The smallest absolute Gasteiger partial charge is 0.387 e. The molecule has 0 fully saturated rings. The lowest BCUT2D eigenvalue weighted by Crippen LogP contribution is -2.12. The first-order valence-corrected chi connectivity index (χ1v) is 9.00. The Morgan fingerprint density at radius 3 is 2.67 bits per heavy atom. The molecule has 0 amide bonds. The fourth-order valence-corrected chi connectivity index (χ4v) is 3.24. The summed E-state index contributed by atoms with van der Waals surface area (Å²) in [5.74, 6) is -4.36. The van der Waals surface area contributed by atoms with Crippen molar-refractivity contribution in [1.29, 1.82) is 0 Å². The van der Waals surface area contributed by atoms with Gasteiger partial charge in [0.15, 0.2) is 5.16 Å². The first-order valence-electron chi connectivity index (χ1n) is 7.77. The van der Waals surface area contributed by atoms with Gasteiger partial charge in [-0.2, -0.15) is 17.6 Å². The summed E-state index contributed by atoms with van der Waals surface area (Å²) >= 11 is 1.09. The van der Waals surface area contributed by atoms with Crippen molar-refractivity contribution in [3.63, 3.8) is 0 Å². The van der Waals surface area contributed by atoms with Gasteiger partial charge >= 0.3 is 12.6 Å². The van der Waals surface area contributed by atoms with Gasteiger partial charge in [0.2, 0.25) is 0 Å². The van der Waals surface area contributed by atoms with Crippen molar-refractivity contribution < 1.29 is 31.8 Å². The Labute approximate surface area is 156 Å². The zero-order valence-corrected chi connectivity index (χ0v) is 15.1. The number of hydrogen-bond acceptors (Lipinski definition) is 6. The number of rotatable bonds is 5. The third-order valence-corrected chi connectivity index (χ3v) is 4.63. The molecule has 0 radical (unpaired) electrons. The van der Waals surface area contributed by atoms with Crippen molar-refractivity contribution in [2.45, 2.75) is 30.5 Å². The van der Waals surface area contributed by atoms with Crippen molar-refractivity contribution in [3.8, 4) is 17.0 Å². The van der Waals surface area contributed by atoms with Crippen LogP contribution in [-0.4, -0.2) is 35.9 Å². The predicted molar refractivity (Wildman–Crippen MR) is 89.4 cm³/mol. The predicted octanol–water partition coefficient (Wildman–Crippen LogP) is 4.29. The average molecular weight is 402 g/mol. The van der Waals surface area contributed by atoms with Gasteiger partial charge in [0.05, 0.1) is 12.8 Å². The molecule has 1 heterocycles. The summed E-state index contributed by atoms with van der Waals surface area (Å²) < 4.78 is 62.7. The number of methoxy groups -OCH3 is 1. The molecule has 1 aliphatic carbocycles. The maximum absolute atomic E-state index is 14.1. The first kappa shape index (κ1) is 19.4. The van der Waals surface area contributed by atoms with Crippen molar-refractivity contribution in [1.82, 2.24) is 9.97 Å². The largest absolute Gasteiger partial charge is 0.465 e. The van der Waals surface area contributed by atoms with Crippen molar-refractivity contribution >= 4 is 17.7 Å². The van der Waals surface area contributed by atoms with Crippen molar-refractivity contribution in [3.05, 3.63) is 35.0 Å². The second-order valence-electron chi connectivity index (χ2n) is 5.67. The van der Waals surface area contributed by atoms with Crippen LogP contribution in [0.2, 0.25) is 0 Å². The normalized spacial score (nSPS) is 14.9. The molecule has 0 bridgehead atoms. The molecule has 0 aliphatic heterocycles. The Kier molecular flexibility index (Phi) is 5.27. The van der Waals surface area contributed by atoms with Gasteiger partial charge in [-0.3, -0.25) is 0 Å². The lowest BCUT2D eigenvalue weighted by molar-refractivity contribution is -0.0503. The van der Waals surface area contributed by atoms with E-state index in [-0.39, 0.29) is 39.7 Å². The zero-order valence-electron chi connectivity index (χ0n) is 14.3. The molecule has 0 saturated heterocycles. The number of ether oxygens (including phenoxy) is 2. The van der Waals surface area contributed by atoms with Crippen LogP contribution < -0.4 is 4.74 Å². The molecule has 1 aromatic heterocycles. The van der Waals surface area contributed by atoms with E-state index in [0.29, 0.717) is 0 Å². The third kappa shape index (κ3) is 3.71. The van der Waals surface area contributed by atoms with Crippen LogP contribution in [-0.2, 0) is 17.1 Å². The van der Waals surface area contributed by atoms with Gasteiger partial charge in [0, 0.05) is 17.5 Å². The summed E-state index contributed by atoms with van der Waals surface area (Å²) in [5, 5.41) is 0.138. The first-order chi connectivity index (χ1) is 12.8. The highest BCUT2D eigenvalue weighted by Gasteiger charge is 2.43. The number of esters is 1. The zero-order chi connectivity index (χ0) is 19.8. The monoisotopic (exact) mass is 402 g/mol. The van der Waals surface area contributed by atoms with Crippen LogP contribution in [0.15, 0.2) is 23.4 Å². The van der Waals surface area contributed by atoms with E-state index in [1.807, 2.05) is 0 Å². The van der Waals surface area contributed by atoms with Gasteiger partial charge in [0.25, 0.3) is 5.92 Å². The van der Waals surface area contributed by atoms with E-state index >= 15 is 0 Å². The topological polar surface area (TPSA) is 61.3 Å². The van der Waals surface area contributed by atoms with E-state index in [9.17, 15) is 22.4 Å². The maximum atomic E-state index is 14.1. The highest BCUT2D eigenvalue weighted by atomic mass is 32.2. The third-order valence-electron chi connectivity index (χ3n) is 4.08. The standard InChI is InChI=1S/C17H14F4N2O3S/c1-25-14(24)9-4-3-8(7-11(9)26-15(18)19)12-10-5-6-17(20,21)13(10)23-16(22-12)27-2/h3-4,7,15H,5-6H2,1-2H3. The summed E-state index contributed by atoms with van der Waals surface area (Å²) in [6.45, 7) is -3.18. The fourth-order valence-electron chi connectivity index (χ4n) is 2.87. The van der Waals surface area contributed by atoms with Crippen LogP contribution in [0.4, 0.5) is 17.6 Å². The molecule has 3 rings (SSSR count). The lowest BCUT2D eigenvalue weighted by atomic mass is 10.0. The van der Waals surface area contributed by atoms with Crippen LogP contribution >= 0.6 is 11.8 Å². The molecule has 0 saturated carbocycles. The number of halogens is 4. The van der Waals surface area contributed by atoms with E-state index in [2.05, 4.69) is 19.4 Å². The molecule has 5 nitrogen and oxygen atoms in total. The minimum Gasteiger partial charge on any atom is -0.465 e. The van der Waals surface area contributed by atoms with Crippen LogP contribution in [0.5, 0.6) is 5.75 Å². The Morgan fingerprint density at radius 1 is 1.30 bits per heavy atom. The van der Waals surface area contributed by atoms with E-state index < -0.39 is 30.7 Å². The van der Waals surface area contributed by atoms with Gasteiger partial charge < -0.3 is 9.47 Å². The van der Waals surface area contributed by atoms with Crippen LogP contribution in [0.1, 0.15) is 28.0 Å². The molecule has 10 heteroatoms. The summed E-state index contributed by atoms with van der Waals surface area (Å²) in [7, 11) is 1.10. The van der Waals surface area contributed by atoms with E-state index in [1.165, 1.54) is 18.2 Å². The van der Waals surface area contributed by atoms with Crippen LogP contribution in [0.3, 0.4) is 0 Å². The second-order valence-corrected chi connectivity index (χ2v) is 6.44. The number of benzene rings is 1. The molecule has 0 unspecified atom stereocenters. The molecular weight excluding hydrogens is 388 g/mol. The number of nitrogens with zero attached hydrogens (tertiary/aromatic N) is 2.